The Morgan fingerprint density at radius 2 is 1.86 bits per heavy atom. The standard InChI is InChI=1S/C15H14BrFN2O2/c1-21-14-8-12(6-7-13(14)16)18-9-15(20)19-11-4-2-10(17)3-5-11/h2-8,18H,9H2,1H3,(H,19,20). The van der Waals surface area contributed by atoms with Crippen LogP contribution in [0.1, 0.15) is 0 Å². The van der Waals surface area contributed by atoms with E-state index < -0.39 is 0 Å². The van der Waals surface area contributed by atoms with Crippen molar-refractivity contribution in [1.82, 2.24) is 0 Å². The molecule has 6 heteroatoms. The van der Waals surface area contributed by atoms with Gasteiger partial charge in [-0.1, -0.05) is 0 Å². The molecule has 21 heavy (non-hydrogen) atoms. The van der Waals surface area contributed by atoms with Crippen LogP contribution in [0.4, 0.5) is 15.8 Å². The molecule has 0 saturated heterocycles. The van der Waals surface area contributed by atoms with Gasteiger partial charge in [0.25, 0.3) is 0 Å². The van der Waals surface area contributed by atoms with Crippen LogP contribution in [0.2, 0.25) is 0 Å². The molecule has 2 N–H and O–H groups in total. The lowest BCUT2D eigenvalue weighted by molar-refractivity contribution is -0.114. The van der Waals surface area contributed by atoms with Crippen LogP contribution in [0, 0.1) is 5.82 Å². The average Bonchev–Trinajstić information content (AvgIpc) is 2.49. The first-order chi connectivity index (χ1) is 10.1. The van der Waals surface area contributed by atoms with E-state index in [2.05, 4.69) is 26.6 Å². The van der Waals surface area contributed by atoms with E-state index >= 15 is 0 Å². The van der Waals surface area contributed by atoms with Crippen molar-refractivity contribution >= 4 is 33.2 Å². The van der Waals surface area contributed by atoms with E-state index in [0.29, 0.717) is 11.4 Å². The van der Waals surface area contributed by atoms with Crippen molar-refractivity contribution in [2.45, 2.75) is 0 Å². The van der Waals surface area contributed by atoms with Gasteiger partial charge in [-0.05, 0) is 52.3 Å². The summed E-state index contributed by atoms with van der Waals surface area (Å²) in [5.74, 6) is 0.121. The third-order valence-corrected chi connectivity index (χ3v) is 3.39. The molecule has 0 radical (unpaired) electrons. The van der Waals surface area contributed by atoms with E-state index in [1.165, 1.54) is 24.3 Å². The summed E-state index contributed by atoms with van der Waals surface area (Å²) in [6.45, 7) is 0.0994. The largest absolute Gasteiger partial charge is 0.495 e. The normalized spacial score (nSPS) is 10.0. The van der Waals surface area contributed by atoms with Crippen molar-refractivity contribution < 1.29 is 13.9 Å². The molecule has 1 amide bonds. The Labute approximate surface area is 130 Å². The molecular weight excluding hydrogens is 339 g/mol. The molecule has 0 fully saturated rings. The van der Waals surface area contributed by atoms with Crippen molar-refractivity contribution in [2.24, 2.45) is 0 Å². The van der Waals surface area contributed by atoms with Gasteiger partial charge in [-0.15, -0.1) is 0 Å². The number of nitrogens with one attached hydrogen (secondary N) is 2. The number of carbonyl (C=O) groups excluding carboxylic acids is 1. The highest BCUT2D eigenvalue weighted by molar-refractivity contribution is 9.10. The van der Waals surface area contributed by atoms with Crippen LogP contribution >= 0.6 is 15.9 Å². The van der Waals surface area contributed by atoms with Gasteiger partial charge in [-0.25, -0.2) is 4.39 Å². The number of hydrogen-bond donors (Lipinski definition) is 2. The van der Waals surface area contributed by atoms with Crippen LogP contribution in [0.3, 0.4) is 0 Å². The van der Waals surface area contributed by atoms with E-state index in [0.717, 1.165) is 10.2 Å². The Morgan fingerprint density at radius 1 is 1.19 bits per heavy atom. The van der Waals surface area contributed by atoms with Gasteiger partial charge >= 0.3 is 0 Å². The summed E-state index contributed by atoms with van der Waals surface area (Å²) in [7, 11) is 1.57. The molecule has 2 rings (SSSR count). The molecule has 0 aliphatic rings. The van der Waals surface area contributed by atoms with Gasteiger partial charge in [0.05, 0.1) is 18.1 Å². The topological polar surface area (TPSA) is 50.4 Å². The SMILES string of the molecule is COc1cc(NCC(=O)Nc2ccc(F)cc2)ccc1Br. The van der Waals surface area contributed by atoms with Crippen LogP contribution in [0.15, 0.2) is 46.9 Å². The fourth-order valence-electron chi connectivity index (χ4n) is 1.69. The summed E-state index contributed by atoms with van der Waals surface area (Å²) in [6.07, 6.45) is 0. The molecule has 2 aromatic carbocycles. The third kappa shape index (κ3) is 4.46. The lowest BCUT2D eigenvalue weighted by atomic mass is 10.3. The van der Waals surface area contributed by atoms with Crippen molar-refractivity contribution in [3.05, 3.63) is 52.8 Å². The molecule has 110 valence electrons. The van der Waals surface area contributed by atoms with Gasteiger partial charge in [0.1, 0.15) is 11.6 Å². The zero-order chi connectivity index (χ0) is 15.2. The molecule has 0 aliphatic carbocycles. The van der Waals surface area contributed by atoms with Gasteiger partial charge in [0, 0.05) is 17.4 Å². The van der Waals surface area contributed by atoms with Crippen molar-refractivity contribution in [3.8, 4) is 5.75 Å². The van der Waals surface area contributed by atoms with Crippen molar-refractivity contribution in [3.63, 3.8) is 0 Å². The number of carbonyl (C=O) groups is 1. The van der Waals surface area contributed by atoms with Gasteiger partial charge in [0.2, 0.25) is 5.91 Å². The molecule has 0 spiro atoms. The molecule has 0 aliphatic heterocycles. The van der Waals surface area contributed by atoms with Crippen LogP contribution in [-0.2, 0) is 4.79 Å². The van der Waals surface area contributed by atoms with E-state index in [4.69, 9.17) is 4.74 Å². The van der Waals surface area contributed by atoms with E-state index in [9.17, 15) is 9.18 Å². The zero-order valence-electron chi connectivity index (χ0n) is 11.3. The Hall–Kier alpha value is -2.08. The van der Waals surface area contributed by atoms with E-state index in [-0.39, 0.29) is 18.3 Å². The fraction of sp³-hybridized carbons (Fsp3) is 0.133. The van der Waals surface area contributed by atoms with Gasteiger partial charge < -0.3 is 15.4 Å². The molecule has 4 nitrogen and oxygen atoms in total. The number of rotatable bonds is 5. The van der Waals surface area contributed by atoms with Crippen molar-refractivity contribution in [2.75, 3.05) is 24.3 Å². The summed E-state index contributed by atoms with van der Waals surface area (Å²) < 4.78 is 18.8. The van der Waals surface area contributed by atoms with E-state index in [1.54, 1.807) is 13.2 Å². The second-order valence-corrected chi connectivity index (χ2v) is 5.11. The number of methoxy groups -OCH3 is 1. The second-order valence-electron chi connectivity index (χ2n) is 4.26. The Morgan fingerprint density at radius 3 is 2.52 bits per heavy atom. The first-order valence-corrected chi connectivity index (χ1v) is 7.00. The molecule has 0 heterocycles. The molecule has 0 saturated carbocycles. The van der Waals surface area contributed by atoms with Crippen LogP contribution in [-0.4, -0.2) is 19.6 Å². The van der Waals surface area contributed by atoms with Gasteiger partial charge in [0.15, 0.2) is 0 Å². The lowest BCUT2D eigenvalue weighted by Gasteiger charge is -2.10. The highest BCUT2D eigenvalue weighted by Crippen LogP contribution is 2.27. The molecular formula is C15H14BrFN2O2. The molecule has 0 bridgehead atoms. The minimum atomic E-state index is -0.340. The number of halogens is 2. The Kier molecular flexibility index (Phi) is 5.16. The predicted molar refractivity (Wildman–Crippen MR) is 84.2 cm³/mol. The molecule has 0 aromatic heterocycles. The molecule has 0 atom stereocenters. The summed E-state index contributed by atoms with van der Waals surface area (Å²) in [5.41, 5.74) is 1.32. The van der Waals surface area contributed by atoms with Crippen LogP contribution in [0.5, 0.6) is 5.75 Å². The van der Waals surface area contributed by atoms with Crippen LogP contribution in [0.25, 0.3) is 0 Å². The highest BCUT2D eigenvalue weighted by atomic mass is 79.9. The Bertz CT molecular complexity index is 632. The quantitative estimate of drug-likeness (QED) is 0.863. The maximum atomic E-state index is 12.8. The number of hydrogen-bond acceptors (Lipinski definition) is 3. The third-order valence-electron chi connectivity index (χ3n) is 2.73. The van der Waals surface area contributed by atoms with E-state index in [1.807, 2.05) is 12.1 Å². The summed E-state index contributed by atoms with van der Waals surface area (Å²) in [4.78, 5) is 11.8. The minimum Gasteiger partial charge on any atom is -0.495 e. The maximum absolute atomic E-state index is 12.8. The van der Waals surface area contributed by atoms with Crippen molar-refractivity contribution in [1.29, 1.82) is 0 Å². The monoisotopic (exact) mass is 352 g/mol. The first-order valence-electron chi connectivity index (χ1n) is 6.21. The lowest BCUT2D eigenvalue weighted by Crippen LogP contribution is -2.21. The number of amides is 1. The van der Waals surface area contributed by atoms with Gasteiger partial charge in [-0.2, -0.15) is 0 Å². The minimum absolute atomic E-state index is 0.0994. The number of ether oxygens (including phenoxy) is 1. The predicted octanol–water partition coefficient (Wildman–Crippen LogP) is 3.65. The highest BCUT2D eigenvalue weighted by Gasteiger charge is 2.05. The number of anilines is 2. The summed E-state index contributed by atoms with van der Waals surface area (Å²) in [5, 5.41) is 5.66. The van der Waals surface area contributed by atoms with Crippen LogP contribution < -0.4 is 15.4 Å². The maximum Gasteiger partial charge on any atom is 0.243 e. The average molecular weight is 353 g/mol. The fourth-order valence-corrected chi connectivity index (χ4v) is 2.10. The number of benzene rings is 2. The summed E-state index contributed by atoms with van der Waals surface area (Å²) >= 11 is 3.36. The second kappa shape index (κ2) is 7.08. The Balaban J connectivity index is 1.90. The molecule has 0 unspecified atom stereocenters. The first kappa shape index (κ1) is 15.3. The van der Waals surface area contributed by atoms with Gasteiger partial charge in [-0.3, -0.25) is 4.79 Å². The smallest absolute Gasteiger partial charge is 0.243 e. The molecule has 2 aromatic rings. The summed E-state index contributed by atoms with van der Waals surface area (Å²) in [6, 6.07) is 11.1. The zero-order valence-corrected chi connectivity index (χ0v) is 12.9.